The van der Waals surface area contributed by atoms with Gasteiger partial charge >= 0.3 is 6.18 Å². The van der Waals surface area contributed by atoms with Crippen LogP contribution in [0, 0.1) is 17.2 Å². The SMILES string of the molecule is N#Cc1ccc(NC(=O)C(O)(Cc2cccc(CN3CCN(C(=O)c4ccccc4)CC3)c2)C2CCCCC2)cc1C(F)(F)F. The summed E-state index contributed by atoms with van der Waals surface area (Å²) in [6.07, 6.45) is -0.774. The van der Waals surface area contributed by atoms with Gasteiger partial charge in [-0.2, -0.15) is 18.4 Å². The van der Waals surface area contributed by atoms with E-state index in [0.29, 0.717) is 51.1 Å². The van der Waals surface area contributed by atoms with E-state index in [0.717, 1.165) is 42.5 Å². The summed E-state index contributed by atoms with van der Waals surface area (Å²) in [6, 6.07) is 21.5. The molecule has 5 rings (SSSR count). The van der Waals surface area contributed by atoms with Crippen LogP contribution in [0.5, 0.6) is 0 Å². The molecule has 45 heavy (non-hydrogen) atoms. The van der Waals surface area contributed by atoms with Crippen molar-refractivity contribution in [2.75, 3.05) is 31.5 Å². The van der Waals surface area contributed by atoms with E-state index < -0.39 is 28.8 Å². The predicted molar refractivity (Wildman–Crippen MR) is 164 cm³/mol. The second-order valence-electron chi connectivity index (χ2n) is 12.0. The maximum absolute atomic E-state index is 13.7. The van der Waals surface area contributed by atoms with Crippen molar-refractivity contribution in [1.82, 2.24) is 9.80 Å². The molecular formula is C35H37F3N4O3. The molecule has 236 valence electrons. The number of carbonyl (C=O) groups excluding carboxylic acids is 2. The highest BCUT2D eigenvalue weighted by atomic mass is 19.4. The molecule has 2 aliphatic rings. The summed E-state index contributed by atoms with van der Waals surface area (Å²) >= 11 is 0. The van der Waals surface area contributed by atoms with E-state index in [2.05, 4.69) is 10.2 Å². The first-order valence-electron chi connectivity index (χ1n) is 15.4. The van der Waals surface area contributed by atoms with Crippen molar-refractivity contribution in [2.45, 2.75) is 56.8 Å². The van der Waals surface area contributed by atoms with Crippen LogP contribution in [-0.2, 0) is 23.9 Å². The highest BCUT2D eigenvalue weighted by Crippen LogP contribution is 2.37. The lowest BCUT2D eigenvalue weighted by Crippen LogP contribution is -2.51. The molecule has 1 atom stereocenters. The van der Waals surface area contributed by atoms with Crippen LogP contribution in [-0.4, -0.2) is 58.5 Å². The average Bonchev–Trinajstić information content (AvgIpc) is 3.05. The Labute approximate surface area is 261 Å². The largest absolute Gasteiger partial charge is 0.417 e. The van der Waals surface area contributed by atoms with Gasteiger partial charge < -0.3 is 15.3 Å². The number of rotatable bonds is 8. The molecule has 2 amide bonds. The second-order valence-corrected chi connectivity index (χ2v) is 12.0. The van der Waals surface area contributed by atoms with Crippen LogP contribution < -0.4 is 5.32 Å². The van der Waals surface area contributed by atoms with Crippen molar-refractivity contribution < 1.29 is 27.9 Å². The number of amides is 2. The smallest absolute Gasteiger partial charge is 0.379 e. The zero-order valence-electron chi connectivity index (χ0n) is 25.0. The number of anilines is 1. The third-order valence-electron chi connectivity index (χ3n) is 8.93. The summed E-state index contributed by atoms with van der Waals surface area (Å²) in [5.74, 6) is -1.09. The van der Waals surface area contributed by atoms with Gasteiger partial charge in [0, 0.05) is 50.4 Å². The first kappa shape index (κ1) is 32.2. The number of halogens is 3. The van der Waals surface area contributed by atoms with Crippen molar-refractivity contribution in [3.05, 3.63) is 101 Å². The Kier molecular flexibility index (Phi) is 9.90. The van der Waals surface area contributed by atoms with Crippen molar-refractivity contribution in [3.8, 4) is 6.07 Å². The summed E-state index contributed by atoms with van der Waals surface area (Å²) in [7, 11) is 0. The molecule has 7 nitrogen and oxygen atoms in total. The first-order valence-corrected chi connectivity index (χ1v) is 15.4. The van der Waals surface area contributed by atoms with Crippen LogP contribution >= 0.6 is 0 Å². The molecule has 0 aromatic heterocycles. The molecule has 1 unspecified atom stereocenters. The average molecular weight is 619 g/mol. The number of nitrogens with one attached hydrogen (secondary N) is 1. The lowest BCUT2D eigenvalue weighted by atomic mass is 9.73. The predicted octanol–water partition coefficient (Wildman–Crippen LogP) is 6.03. The molecule has 2 fully saturated rings. The Bertz CT molecular complexity index is 1540. The third-order valence-corrected chi connectivity index (χ3v) is 8.93. The number of piperazine rings is 1. The number of nitriles is 1. The molecule has 2 N–H and O–H groups in total. The fourth-order valence-corrected chi connectivity index (χ4v) is 6.46. The molecule has 0 radical (unpaired) electrons. The first-order chi connectivity index (χ1) is 21.6. The molecule has 0 bridgehead atoms. The van der Waals surface area contributed by atoms with Crippen LogP contribution in [0.25, 0.3) is 0 Å². The van der Waals surface area contributed by atoms with Crippen molar-refractivity contribution in [1.29, 1.82) is 5.26 Å². The van der Waals surface area contributed by atoms with E-state index >= 15 is 0 Å². The molecule has 1 saturated heterocycles. The minimum atomic E-state index is -4.77. The van der Waals surface area contributed by atoms with Gasteiger partial charge in [0.2, 0.25) is 0 Å². The Morgan fingerprint density at radius 3 is 2.24 bits per heavy atom. The van der Waals surface area contributed by atoms with Gasteiger partial charge in [0.15, 0.2) is 0 Å². The van der Waals surface area contributed by atoms with E-state index in [4.69, 9.17) is 5.26 Å². The van der Waals surface area contributed by atoms with E-state index in [1.165, 1.54) is 6.07 Å². The van der Waals surface area contributed by atoms with Crippen LogP contribution in [0.2, 0.25) is 0 Å². The van der Waals surface area contributed by atoms with Gasteiger partial charge in [-0.1, -0.05) is 61.7 Å². The lowest BCUT2D eigenvalue weighted by molar-refractivity contribution is -0.142. The van der Waals surface area contributed by atoms with Crippen molar-refractivity contribution >= 4 is 17.5 Å². The number of carbonyl (C=O) groups is 2. The Hall–Kier alpha value is -4.20. The maximum atomic E-state index is 13.7. The normalized spacial score (nSPS) is 17.7. The summed E-state index contributed by atoms with van der Waals surface area (Å²) in [4.78, 5) is 30.6. The van der Waals surface area contributed by atoms with E-state index in [-0.39, 0.29) is 23.9 Å². The number of nitrogens with zero attached hydrogens (tertiary/aromatic N) is 3. The number of benzene rings is 3. The maximum Gasteiger partial charge on any atom is 0.417 e. The molecule has 3 aromatic carbocycles. The number of hydrogen-bond acceptors (Lipinski definition) is 5. The molecular weight excluding hydrogens is 581 g/mol. The van der Waals surface area contributed by atoms with Gasteiger partial charge in [-0.3, -0.25) is 14.5 Å². The van der Waals surface area contributed by atoms with Crippen molar-refractivity contribution in [3.63, 3.8) is 0 Å². The van der Waals surface area contributed by atoms with Crippen LogP contribution in [0.4, 0.5) is 18.9 Å². The topological polar surface area (TPSA) is 96.7 Å². The van der Waals surface area contributed by atoms with Gasteiger partial charge in [-0.15, -0.1) is 0 Å². The summed E-state index contributed by atoms with van der Waals surface area (Å²) in [5, 5.41) is 23.7. The Morgan fingerprint density at radius 1 is 0.889 bits per heavy atom. The van der Waals surface area contributed by atoms with Gasteiger partial charge in [-0.25, -0.2) is 0 Å². The van der Waals surface area contributed by atoms with Gasteiger partial charge in [-0.05, 0) is 60.2 Å². The van der Waals surface area contributed by atoms with Crippen LogP contribution in [0.15, 0.2) is 72.8 Å². The fraction of sp³-hybridized carbons (Fsp3) is 0.400. The van der Waals surface area contributed by atoms with Gasteiger partial charge in [0.05, 0.1) is 17.2 Å². The van der Waals surface area contributed by atoms with Crippen LogP contribution in [0.3, 0.4) is 0 Å². The monoisotopic (exact) mass is 618 g/mol. The Balaban J connectivity index is 1.28. The molecule has 1 aliphatic carbocycles. The highest BCUT2D eigenvalue weighted by Gasteiger charge is 2.44. The molecule has 1 heterocycles. The molecule has 3 aromatic rings. The number of aliphatic hydroxyl groups is 1. The van der Waals surface area contributed by atoms with Gasteiger partial charge in [0.25, 0.3) is 11.8 Å². The van der Waals surface area contributed by atoms with Gasteiger partial charge in [0.1, 0.15) is 5.60 Å². The molecule has 1 aliphatic heterocycles. The number of alkyl halides is 3. The second kappa shape index (κ2) is 13.8. The van der Waals surface area contributed by atoms with Crippen LogP contribution in [0.1, 0.15) is 64.7 Å². The zero-order chi connectivity index (χ0) is 32.0. The molecule has 1 saturated carbocycles. The van der Waals surface area contributed by atoms with E-state index in [9.17, 15) is 27.9 Å². The number of hydrogen-bond donors (Lipinski definition) is 2. The summed E-state index contributed by atoms with van der Waals surface area (Å²) in [6.45, 7) is 3.28. The highest BCUT2D eigenvalue weighted by molar-refractivity contribution is 5.98. The fourth-order valence-electron chi connectivity index (χ4n) is 6.46. The van der Waals surface area contributed by atoms with E-state index in [1.807, 2.05) is 59.5 Å². The summed E-state index contributed by atoms with van der Waals surface area (Å²) in [5.41, 5.74) is -1.21. The lowest BCUT2D eigenvalue weighted by Gasteiger charge is -2.37. The minimum absolute atomic E-state index is 0.0130. The third kappa shape index (κ3) is 7.72. The zero-order valence-corrected chi connectivity index (χ0v) is 25.0. The summed E-state index contributed by atoms with van der Waals surface area (Å²) < 4.78 is 40.7. The minimum Gasteiger partial charge on any atom is -0.379 e. The van der Waals surface area contributed by atoms with E-state index in [1.54, 1.807) is 6.07 Å². The molecule has 0 spiro atoms. The standard InChI is InChI=1S/C35H37F3N4O3/c36-35(37,38)31-21-30(15-14-28(31)23-39)40-33(44)34(45,29-12-5-2-6-13-29)22-25-8-7-9-26(20-25)24-41-16-18-42(19-17-41)32(43)27-10-3-1-4-11-27/h1,3-4,7-11,14-15,20-21,29,45H,2,5-6,12-13,16-19,22,24H2,(H,40,44). The molecule has 10 heteroatoms. The quantitative estimate of drug-likeness (QED) is 0.322. The van der Waals surface area contributed by atoms with Crippen molar-refractivity contribution in [2.24, 2.45) is 5.92 Å². The Morgan fingerprint density at radius 2 is 1.58 bits per heavy atom.